The number of aliphatic hydroxyl groups is 1. The Kier molecular flexibility index (Phi) is 39.5. The largest absolute Gasteiger partial charge is 0.497 e. The van der Waals surface area contributed by atoms with Crippen LogP contribution in [0.25, 0.3) is 10.9 Å². The summed E-state index contributed by atoms with van der Waals surface area (Å²) in [5, 5.41) is 43.8. The number of halogens is 1. The van der Waals surface area contributed by atoms with E-state index in [-0.39, 0.29) is 115 Å². The molecule has 34 nitrogen and oxygen atoms in total. The molecule has 2 fully saturated rings. The van der Waals surface area contributed by atoms with E-state index in [9.17, 15) is 43.5 Å². The highest BCUT2D eigenvalue weighted by Crippen LogP contribution is 2.45. The summed E-state index contributed by atoms with van der Waals surface area (Å²) >= 11 is 0. The van der Waals surface area contributed by atoms with E-state index in [2.05, 4.69) is 65.4 Å². The van der Waals surface area contributed by atoms with Gasteiger partial charge in [-0.15, -0.1) is 0 Å². The molecular weight excluding hydrogens is 1720 g/mol. The summed E-state index contributed by atoms with van der Waals surface area (Å²) in [6.07, 6.45) is 13.4. The fourth-order valence-electron chi connectivity index (χ4n) is 18.2. The molecule has 7 aliphatic rings. The van der Waals surface area contributed by atoms with Crippen LogP contribution >= 0.6 is 0 Å². The number of aliphatic hydroxyl groups excluding tert-OH is 1. The number of benzene rings is 4. The number of ether oxygens (including phenoxy) is 4. The van der Waals surface area contributed by atoms with E-state index in [4.69, 9.17) is 18.9 Å². The highest BCUT2D eigenvalue weighted by molar-refractivity contribution is 5.99. The molecule has 730 valence electrons. The van der Waals surface area contributed by atoms with Crippen LogP contribution < -0.4 is 63.2 Å². The quantitative estimate of drug-likeness (QED) is 0.0211. The maximum atomic E-state index is 16.4. The predicted molar refractivity (Wildman–Crippen MR) is 500 cm³/mol. The number of unbranched alkanes of at least 4 members (excludes halogenated alkanes) is 7. The van der Waals surface area contributed by atoms with Gasteiger partial charge in [0.1, 0.15) is 66.5 Å². The number of likely N-dealkylation sites (N-methyl/N-ethyl adjacent to an activating group) is 1. The molecule has 2 saturated heterocycles. The van der Waals surface area contributed by atoms with Crippen molar-refractivity contribution in [2.45, 2.75) is 261 Å². The monoisotopic (exact) mass is 1860 g/mol. The van der Waals surface area contributed by atoms with E-state index in [1.807, 2.05) is 66.0 Å². The van der Waals surface area contributed by atoms with Crippen LogP contribution in [0.4, 0.5) is 4.39 Å². The van der Waals surface area contributed by atoms with Gasteiger partial charge >= 0.3 is 0 Å². The summed E-state index contributed by atoms with van der Waals surface area (Å²) in [6, 6.07) is 15.3. The fraction of sp³-hybridized carbons (Fsp3) is 0.586. The van der Waals surface area contributed by atoms with Gasteiger partial charge in [0, 0.05) is 127 Å². The first-order chi connectivity index (χ1) is 64.5. The lowest BCUT2D eigenvalue weighted by Gasteiger charge is -2.49. The Labute approximate surface area is 784 Å². The van der Waals surface area contributed by atoms with E-state index in [0.29, 0.717) is 154 Å². The Balaban J connectivity index is 0.848. The topological polar surface area (TPSA) is 426 Å². The van der Waals surface area contributed by atoms with Crippen molar-refractivity contribution in [2.24, 2.45) is 0 Å². The van der Waals surface area contributed by atoms with Gasteiger partial charge in [-0.05, 0) is 148 Å². The zero-order valence-corrected chi connectivity index (χ0v) is 78.7. The number of amides is 13. The van der Waals surface area contributed by atoms with Crippen LogP contribution in [-0.2, 0) is 122 Å². The molecule has 10 atom stereocenters. The van der Waals surface area contributed by atoms with Gasteiger partial charge < -0.3 is 106 Å². The molecule has 14 bridgehead atoms. The second-order valence-corrected chi connectivity index (χ2v) is 36.9. The van der Waals surface area contributed by atoms with Crippen LogP contribution in [0.1, 0.15) is 189 Å². The molecular formula is C99H140FN16O18+. The van der Waals surface area contributed by atoms with Crippen LogP contribution in [0.3, 0.4) is 0 Å². The third kappa shape index (κ3) is 30.6. The van der Waals surface area contributed by atoms with Gasteiger partial charge in [-0.2, -0.15) is 0 Å². The minimum atomic E-state index is -1.73. The van der Waals surface area contributed by atoms with E-state index < -0.39 is 132 Å². The zero-order valence-electron chi connectivity index (χ0n) is 78.7. The molecule has 0 aliphatic carbocycles. The Bertz CT molecular complexity index is 4870. The number of nitrogens with zero attached hydrogens (tertiary/aromatic N) is 5. The standard InChI is InChI=1S/C99H139FN16O18/c1-7-8-9-15-24-84(118)101-42-17-12-10-11-16-25-85(119)102-44-49-116(4,5)50-52-133-54-53-132-51-40-86(120)105-62-80-94(126)108-78-57-71-22-20-23-72(55-71)61-104-88(122)65-134-83-39-48-114-91(83)96(128)111-90(67(3)117)95(127)107-77(56-69-30-33-75(131-6)34-31-69)82-60-99(41-21-47-115(82)99)98(130)103-43-38-68-26-28-70(29-27-68)63-113(89(123)37-36-87(121)106-66(2)92(124)110-80)46-19-14-13-18-45-112-64-73(58-79(97(114)129)109-93(78)125)76-59-74(100)32-35-81(76)112/h20,22-23,26-35,55,59-60,64,66-67,77-80,83,90-91,117H,7-19,21,24-25,36-54,56-58,61-63,65H2,1-6H3,(H10-,101,102,103,104,105,106,107,108,109,110,111,118,119,120,121,122,124,125,126,127,128,130)/p+1/t66-,67+,77-,78-,79-,80+,83-,90-,91-,99+/m0/s1. The normalized spacial score (nSPS) is 22.8. The molecule has 134 heavy (non-hydrogen) atoms. The lowest BCUT2D eigenvalue weighted by atomic mass is 9.83. The van der Waals surface area contributed by atoms with Gasteiger partial charge in [0.05, 0.1) is 79.0 Å². The number of methoxy groups -OCH3 is 1. The number of carbonyl (C=O) groups is 13. The van der Waals surface area contributed by atoms with Crippen molar-refractivity contribution >= 4 is 87.7 Å². The summed E-state index contributed by atoms with van der Waals surface area (Å²) < 4.78 is 42.0. The molecule has 7 aliphatic heterocycles. The predicted octanol–water partition coefficient (Wildman–Crippen LogP) is 4.69. The molecule has 1 spiro atoms. The number of hydrogen-bond acceptors (Lipinski definition) is 19. The summed E-state index contributed by atoms with van der Waals surface area (Å²) in [6.45, 7) is 8.03. The highest BCUT2D eigenvalue weighted by atomic mass is 19.1. The molecule has 12 rings (SSSR count). The number of fused-ring (bicyclic) bond motifs is 15. The smallest absolute Gasteiger partial charge is 0.250 e. The van der Waals surface area contributed by atoms with Gasteiger partial charge in [-0.25, -0.2) is 4.39 Å². The van der Waals surface area contributed by atoms with Crippen molar-refractivity contribution in [1.29, 1.82) is 0 Å². The van der Waals surface area contributed by atoms with Crippen LogP contribution in [0.2, 0.25) is 0 Å². The molecule has 35 heteroatoms. The van der Waals surface area contributed by atoms with Crippen molar-refractivity contribution < 1.29 is 95.3 Å². The van der Waals surface area contributed by atoms with E-state index in [1.54, 1.807) is 53.6 Å². The minimum Gasteiger partial charge on any atom is -0.497 e. The Hall–Kier alpha value is -11.4. The molecule has 12 N–H and O–H groups in total. The van der Waals surface area contributed by atoms with Crippen molar-refractivity contribution in [3.05, 3.63) is 148 Å². The molecule has 1 aromatic heterocycles. The highest BCUT2D eigenvalue weighted by Gasteiger charge is 2.55. The van der Waals surface area contributed by atoms with E-state index >= 15 is 28.4 Å². The average molecular weight is 1860 g/mol. The fourth-order valence-corrected chi connectivity index (χ4v) is 18.2. The van der Waals surface area contributed by atoms with Crippen LogP contribution in [0.5, 0.6) is 5.75 Å². The lowest BCUT2D eigenvalue weighted by Crippen LogP contribution is -2.65. The lowest BCUT2D eigenvalue weighted by molar-refractivity contribution is -0.889. The summed E-state index contributed by atoms with van der Waals surface area (Å²) in [5.41, 5.74) is 3.98. The Morgan fingerprint density at radius 3 is 2.07 bits per heavy atom. The van der Waals surface area contributed by atoms with Crippen molar-refractivity contribution in [1.82, 2.24) is 77.8 Å². The number of rotatable bonds is 31. The van der Waals surface area contributed by atoms with Gasteiger partial charge in [-0.1, -0.05) is 119 Å². The zero-order chi connectivity index (χ0) is 95.7. The first kappa shape index (κ1) is 103. The maximum Gasteiger partial charge on any atom is 0.250 e. The number of nitrogens with one attached hydrogen (secondary N) is 11. The molecule has 13 amide bonds. The minimum absolute atomic E-state index is 0.00612. The Morgan fingerprint density at radius 1 is 0.619 bits per heavy atom. The second kappa shape index (κ2) is 51.3. The number of carbonyl (C=O) groups excluding carboxylic acids is 13. The maximum absolute atomic E-state index is 16.4. The van der Waals surface area contributed by atoms with Crippen LogP contribution in [0.15, 0.2) is 109 Å². The van der Waals surface area contributed by atoms with Gasteiger partial charge in [0.25, 0.3) is 0 Å². The van der Waals surface area contributed by atoms with Gasteiger partial charge in [0.2, 0.25) is 76.8 Å². The van der Waals surface area contributed by atoms with Crippen molar-refractivity contribution in [2.75, 3.05) is 113 Å². The molecule has 8 heterocycles. The third-order valence-corrected chi connectivity index (χ3v) is 26.1. The summed E-state index contributed by atoms with van der Waals surface area (Å²) in [4.78, 5) is 194. The van der Waals surface area contributed by atoms with E-state index in [1.165, 1.54) is 38.0 Å². The molecule has 0 saturated carbocycles. The van der Waals surface area contributed by atoms with E-state index in [0.717, 1.165) is 74.5 Å². The molecule has 0 radical (unpaired) electrons. The first-order valence-corrected chi connectivity index (χ1v) is 48.1. The second-order valence-electron chi connectivity index (χ2n) is 36.9. The summed E-state index contributed by atoms with van der Waals surface area (Å²) in [7, 11) is 5.62. The molecule has 5 aromatic rings. The van der Waals surface area contributed by atoms with Crippen LogP contribution in [-0.4, -0.2) is 279 Å². The molecule has 0 unspecified atom stereocenters. The number of quaternary nitrogens is 1. The van der Waals surface area contributed by atoms with Crippen LogP contribution in [0, 0.1) is 5.82 Å². The number of aryl methyl sites for hydroxylation is 1. The SMILES string of the molecule is CCCCCCC(=O)NCCCCCCCC(=O)NCC[N+](C)(C)CCOCCOCCC(=O)NC[C@H]1NC(=O)[C@H](C)NC(=O)CCC(=O)N2CCCCCCn3cc(c4cc(F)ccc43)C[C@@H]3NC(=O)[C@H](Cc4cccc(c4)CNC(=O)CO[C@H]4CCN(C3=O)[C@@H]4C(=O)N[C@@H]([C@@H](C)O)C(=O)N[C@@H](Cc3ccc(OC)cc3)C3=C[C@]4(CCCN34)C(=O)NCCc3ccc(cc3)C2)NC1=O. The van der Waals surface area contributed by atoms with Crippen molar-refractivity contribution in [3.8, 4) is 5.75 Å². The van der Waals surface area contributed by atoms with Gasteiger partial charge in [-0.3, -0.25) is 62.3 Å². The number of hydrogen-bond donors (Lipinski definition) is 12. The summed E-state index contributed by atoms with van der Waals surface area (Å²) in [5.74, 6) is -7.96. The van der Waals surface area contributed by atoms with Crippen molar-refractivity contribution in [3.63, 3.8) is 0 Å². The first-order valence-electron chi connectivity index (χ1n) is 48.1. The third-order valence-electron chi connectivity index (χ3n) is 26.1. The van der Waals surface area contributed by atoms with Gasteiger partial charge in [0.15, 0.2) is 0 Å². The Morgan fingerprint density at radius 2 is 1.31 bits per heavy atom. The number of aromatic nitrogens is 1. The molecule has 4 aromatic carbocycles. The average Bonchev–Trinajstić information content (AvgIpc) is 1.53.